The first-order valence-electron chi connectivity index (χ1n) is 8.49. The smallest absolute Gasteiger partial charge is 0.326 e. The highest BCUT2D eigenvalue weighted by Crippen LogP contribution is 2.38. The first-order chi connectivity index (χ1) is 12.5. The topological polar surface area (TPSA) is 91.4 Å². The zero-order valence-corrected chi connectivity index (χ0v) is 14.6. The van der Waals surface area contributed by atoms with Gasteiger partial charge in [-0.25, -0.2) is 0 Å². The molecule has 0 spiro atoms. The molecule has 2 aliphatic heterocycles. The minimum Gasteiger partial charge on any atom is -0.465 e. The van der Waals surface area contributed by atoms with Gasteiger partial charge in [-0.15, -0.1) is 0 Å². The van der Waals surface area contributed by atoms with E-state index < -0.39 is 42.1 Å². The normalized spacial score (nSPS) is 27.7. The van der Waals surface area contributed by atoms with Crippen LogP contribution in [0, 0.1) is 5.92 Å². The van der Waals surface area contributed by atoms with Crippen molar-refractivity contribution in [1.29, 1.82) is 0 Å². The van der Waals surface area contributed by atoms with Gasteiger partial charge in [0, 0.05) is 6.92 Å². The highest BCUT2D eigenvalue weighted by Gasteiger charge is 2.60. The zero-order valence-electron chi connectivity index (χ0n) is 14.6. The molecule has 3 rings (SSSR count). The first kappa shape index (κ1) is 18.3. The zero-order chi connectivity index (χ0) is 18.7. The Bertz CT molecular complexity index is 677. The van der Waals surface area contributed by atoms with E-state index in [1.807, 2.05) is 30.3 Å². The fourth-order valence-electron chi connectivity index (χ4n) is 3.22. The molecule has 1 aromatic carbocycles. The van der Waals surface area contributed by atoms with Gasteiger partial charge in [0.15, 0.2) is 6.10 Å². The van der Waals surface area contributed by atoms with E-state index in [1.165, 1.54) is 12.0 Å². The molecule has 8 nitrogen and oxygen atoms in total. The molecule has 1 aromatic rings. The number of ether oxygens (including phenoxy) is 3. The highest BCUT2D eigenvalue weighted by atomic mass is 16.7. The molecule has 0 aliphatic carbocycles. The number of benzene rings is 1. The first-order valence-corrected chi connectivity index (χ1v) is 8.49. The molecule has 4 atom stereocenters. The van der Waals surface area contributed by atoms with Gasteiger partial charge in [-0.2, -0.15) is 5.06 Å². The van der Waals surface area contributed by atoms with Gasteiger partial charge in [-0.05, 0) is 12.5 Å². The second kappa shape index (κ2) is 7.84. The predicted molar refractivity (Wildman–Crippen MR) is 87.3 cm³/mol. The lowest BCUT2D eigenvalue weighted by atomic mass is 9.94. The fraction of sp³-hybridized carbons (Fsp3) is 0.500. The van der Waals surface area contributed by atoms with E-state index in [0.29, 0.717) is 6.54 Å². The summed E-state index contributed by atoms with van der Waals surface area (Å²) in [4.78, 5) is 41.8. The Morgan fingerprint density at radius 2 is 1.92 bits per heavy atom. The Morgan fingerprint density at radius 3 is 2.58 bits per heavy atom. The maximum absolute atomic E-state index is 12.5. The van der Waals surface area contributed by atoms with Gasteiger partial charge in [0.1, 0.15) is 24.7 Å². The molecular formula is C18H21NO7. The lowest BCUT2D eigenvalue weighted by Crippen LogP contribution is -2.42. The summed E-state index contributed by atoms with van der Waals surface area (Å²) >= 11 is 0. The Kier molecular flexibility index (Phi) is 5.53. The Labute approximate surface area is 150 Å². The maximum atomic E-state index is 12.5. The van der Waals surface area contributed by atoms with Gasteiger partial charge in [-0.1, -0.05) is 30.3 Å². The molecule has 0 saturated carbocycles. The van der Waals surface area contributed by atoms with Gasteiger partial charge in [0.05, 0.1) is 13.2 Å². The van der Waals surface area contributed by atoms with Crippen molar-refractivity contribution in [3.05, 3.63) is 35.9 Å². The molecule has 0 amide bonds. The van der Waals surface area contributed by atoms with E-state index in [-0.39, 0.29) is 13.2 Å². The van der Waals surface area contributed by atoms with Gasteiger partial charge >= 0.3 is 17.9 Å². The molecule has 0 bridgehead atoms. The van der Waals surface area contributed by atoms with Gasteiger partial charge in [0.2, 0.25) is 0 Å². The lowest BCUT2D eigenvalue weighted by Gasteiger charge is -2.24. The van der Waals surface area contributed by atoms with Gasteiger partial charge < -0.3 is 14.2 Å². The van der Waals surface area contributed by atoms with E-state index in [4.69, 9.17) is 19.0 Å². The molecule has 140 valence electrons. The number of hydrogen-bond donors (Lipinski definition) is 0. The van der Waals surface area contributed by atoms with Crippen LogP contribution in [-0.2, 0) is 40.0 Å². The Morgan fingerprint density at radius 1 is 1.19 bits per heavy atom. The minimum absolute atomic E-state index is 0.114. The molecule has 0 unspecified atom stereocenters. The number of carbonyl (C=O) groups is 3. The lowest BCUT2D eigenvalue weighted by molar-refractivity contribution is -0.206. The summed E-state index contributed by atoms with van der Waals surface area (Å²) in [5, 5.41) is 1.46. The van der Waals surface area contributed by atoms with E-state index in [2.05, 4.69) is 0 Å². The summed E-state index contributed by atoms with van der Waals surface area (Å²) in [5.41, 5.74) is 0.923. The van der Waals surface area contributed by atoms with Crippen molar-refractivity contribution in [3.63, 3.8) is 0 Å². The number of fused-ring (bicyclic) bond motifs is 1. The third kappa shape index (κ3) is 3.71. The van der Waals surface area contributed by atoms with Crippen LogP contribution in [-0.4, -0.2) is 54.4 Å². The summed E-state index contributed by atoms with van der Waals surface area (Å²) in [6, 6.07) is 8.53. The number of esters is 3. The average Bonchev–Trinajstić information content (AvgIpc) is 3.12. The van der Waals surface area contributed by atoms with Crippen LogP contribution < -0.4 is 0 Å². The Hall–Kier alpha value is -2.45. The molecule has 2 heterocycles. The predicted octanol–water partition coefficient (Wildman–Crippen LogP) is 0.839. The van der Waals surface area contributed by atoms with Crippen LogP contribution in [0.15, 0.2) is 30.3 Å². The third-order valence-electron chi connectivity index (χ3n) is 4.33. The van der Waals surface area contributed by atoms with E-state index in [1.54, 1.807) is 6.92 Å². The molecule has 2 saturated heterocycles. The fourth-order valence-corrected chi connectivity index (χ4v) is 3.22. The summed E-state index contributed by atoms with van der Waals surface area (Å²) in [5.74, 6) is -2.40. The van der Waals surface area contributed by atoms with Crippen LogP contribution in [0.25, 0.3) is 0 Å². The molecule has 0 aromatic heterocycles. The van der Waals surface area contributed by atoms with Crippen molar-refractivity contribution < 1.29 is 33.4 Å². The van der Waals surface area contributed by atoms with Crippen LogP contribution in [0.4, 0.5) is 0 Å². The molecular weight excluding hydrogens is 342 g/mol. The summed E-state index contributed by atoms with van der Waals surface area (Å²) in [6.07, 6.45) is -1.46. The van der Waals surface area contributed by atoms with Crippen LogP contribution in [0.1, 0.15) is 19.4 Å². The number of carbonyl (C=O) groups excluding carboxylic acids is 3. The standard InChI is InChI=1S/C18H21NO7/c1-3-23-18(22)15-14-16(13(25-17(14)21)10-24-11(2)20)26-19(15)9-12-7-5-4-6-8-12/h4-8,13-16H,3,9-10H2,1-2H3/t13-,14-,15-,16-/m1/s1. The monoisotopic (exact) mass is 363 g/mol. The van der Waals surface area contributed by atoms with Crippen LogP contribution in [0.5, 0.6) is 0 Å². The SMILES string of the molecule is CCOC(=O)[C@H]1[C@H]2C(=O)O[C@H](COC(C)=O)[C@H]2ON1Cc1ccccc1. The molecule has 2 fully saturated rings. The van der Waals surface area contributed by atoms with Gasteiger partial charge in [0.25, 0.3) is 0 Å². The quantitative estimate of drug-likeness (QED) is 0.542. The van der Waals surface area contributed by atoms with E-state index >= 15 is 0 Å². The van der Waals surface area contributed by atoms with Crippen molar-refractivity contribution in [2.24, 2.45) is 5.92 Å². The molecule has 0 N–H and O–H groups in total. The van der Waals surface area contributed by atoms with E-state index in [9.17, 15) is 14.4 Å². The summed E-state index contributed by atoms with van der Waals surface area (Å²) < 4.78 is 15.3. The van der Waals surface area contributed by atoms with Crippen LogP contribution in [0.2, 0.25) is 0 Å². The Balaban J connectivity index is 1.81. The third-order valence-corrected chi connectivity index (χ3v) is 4.33. The van der Waals surface area contributed by atoms with Crippen molar-refractivity contribution in [3.8, 4) is 0 Å². The number of nitrogens with zero attached hydrogens (tertiary/aromatic N) is 1. The van der Waals surface area contributed by atoms with Crippen molar-refractivity contribution >= 4 is 17.9 Å². The van der Waals surface area contributed by atoms with Crippen molar-refractivity contribution in [1.82, 2.24) is 5.06 Å². The second-order valence-corrected chi connectivity index (χ2v) is 6.13. The highest BCUT2D eigenvalue weighted by molar-refractivity contribution is 5.87. The average molecular weight is 363 g/mol. The molecule has 0 radical (unpaired) electrons. The van der Waals surface area contributed by atoms with Gasteiger partial charge in [-0.3, -0.25) is 19.2 Å². The maximum Gasteiger partial charge on any atom is 0.326 e. The minimum atomic E-state index is -0.907. The second-order valence-electron chi connectivity index (χ2n) is 6.13. The van der Waals surface area contributed by atoms with E-state index in [0.717, 1.165) is 5.56 Å². The van der Waals surface area contributed by atoms with Crippen molar-refractivity contribution in [2.75, 3.05) is 13.2 Å². The number of rotatable bonds is 6. The largest absolute Gasteiger partial charge is 0.465 e. The molecule has 8 heteroatoms. The number of hydrogen-bond acceptors (Lipinski definition) is 8. The van der Waals surface area contributed by atoms with Crippen LogP contribution >= 0.6 is 0 Å². The number of hydroxylamine groups is 2. The summed E-state index contributed by atoms with van der Waals surface area (Å²) in [7, 11) is 0. The van der Waals surface area contributed by atoms with Crippen molar-refractivity contribution in [2.45, 2.75) is 38.6 Å². The summed E-state index contributed by atoms with van der Waals surface area (Å²) in [6.45, 7) is 3.36. The molecule has 2 aliphatic rings. The van der Waals surface area contributed by atoms with Crippen LogP contribution in [0.3, 0.4) is 0 Å². The molecule has 26 heavy (non-hydrogen) atoms. The number of cyclic esters (lactones) is 1.